The summed E-state index contributed by atoms with van der Waals surface area (Å²) in [5.41, 5.74) is 7.30. The number of aromatic nitrogens is 3. The lowest BCUT2D eigenvalue weighted by Crippen LogP contribution is -2.37. The Morgan fingerprint density at radius 1 is 1.13 bits per heavy atom. The number of hydrogen-bond donors (Lipinski definition) is 2. The van der Waals surface area contributed by atoms with Gasteiger partial charge < -0.3 is 10.6 Å². The molecular weight excluding hydrogens is 385 g/mol. The largest absolute Gasteiger partial charge is 0.383 e. The van der Waals surface area contributed by atoms with Gasteiger partial charge in [0.1, 0.15) is 17.3 Å². The molecule has 4 aromatic rings. The van der Waals surface area contributed by atoms with Crippen LogP contribution in [0.5, 0.6) is 0 Å². The number of halogens is 1. The van der Waals surface area contributed by atoms with Crippen LogP contribution in [0, 0.1) is 5.82 Å². The van der Waals surface area contributed by atoms with E-state index in [1.165, 1.54) is 16.7 Å². The van der Waals surface area contributed by atoms with Gasteiger partial charge in [-0.3, -0.25) is 19.3 Å². The highest BCUT2D eigenvalue weighted by atomic mass is 19.1. The normalized spacial score (nSPS) is 11.0. The number of nitrogens with one attached hydrogen (secondary N) is 1. The summed E-state index contributed by atoms with van der Waals surface area (Å²) in [6, 6.07) is 15.6. The molecule has 8 heteroatoms. The zero-order valence-electron chi connectivity index (χ0n) is 16.3. The Morgan fingerprint density at radius 3 is 2.67 bits per heavy atom. The number of nitrogens with zero attached hydrogens (tertiary/aromatic N) is 3. The summed E-state index contributed by atoms with van der Waals surface area (Å²) in [6.07, 6.45) is 1.63. The third kappa shape index (κ3) is 3.67. The van der Waals surface area contributed by atoms with E-state index in [0.717, 1.165) is 5.56 Å². The molecule has 0 saturated heterocycles. The fourth-order valence-electron chi connectivity index (χ4n) is 3.55. The van der Waals surface area contributed by atoms with Gasteiger partial charge in [0.05, 0.1) is 12.1 Å². The van der Waals surface area contributed by atoms with Crippen LogP contribution in [-0.4, -0.2) is 21.6 Å². The second-order valence-electron chi connectivity index (χ2n) is 7.06. The number of H-pyrrole nitrogens is 1. The first-order chi connectivity index (χ1) is 14.4. The summed E-state index contributed by atoms with van der Waals surface area (Å²) in [4.78, 5) is 33.2. The Kier molecular flexibility index (Phi) is 5.05. The van der Waals surface area contributed by atoms with Crippen LogP contribution in [0.4, 0.5) is 15.9 Å². The fourth-order valence-corrected chi connectivity index (χ4v) is 3.55. The molecule has 0 bridgehead atoms. The van der Waals surface area contributed by atoms with Gasteiger partial charge in [-0.05, 0) is 23.8 Å². The Labute approximate surface area is 171 Å². The molecule has 0 amide bonds. The van der Waals surface area contributed by atoms with Crippen LogP contribution < -0.4 is 21.9 Å². The third-order valence-electron chi connectivity index (χ3n) is 4.94. The Bertz CT molecular complexity index is 1330. The predicted octanol–water partition coefficient (Wildman–Crippen LogP) is 2.49. The lowest BCUT2D eigenvalue weighted by Gasteiger charge is -2.22. The number of anilines is 2. The van der Waals surface area contributed by atoms with Crippen LogP contribution in [0.1, 0.15) is 11.1 Å². The van der Waals surface area contributed by atoms with E-state index in [9.17, 15) is 14.0 Å². The molecule has 0 aliphatic heterocycles. The molecule has 0 aliphatic carbocycles. The second-order valence-corrected chi connectivity index (χ2v) is 7.06. The maximum atomic E-state index is 14.1. The van der Waals surface area contributed by atoms with E-state index in [4.69, 9.17) is 5.73 Å². The number of benzene rings is 2. The van der Waals surface area contributed by atoms with Crippen molar-refractivity contribution in [1.82, 2.24) is 14.5 Å². The summed E-state index contributed by atoms with van der Waals surface area (Å²) in [5.74, 6) is -0.349. The number of fused-ring (bicyclic) bond motifs is 1. The van der Waals surface area contributed by atoms with E-state index >= 15 is 0 Å². The highest BCUT2D eigenvalue weighted by Gasteiger charge is 2.18. The van der Waals surface area contributed by atoms with Gasteiger partial charge in [0.15, 0.2) is 0 Å². The topological polar surface area (TPSA) is 97.0 Å². The summed E-state index contributed by atoms with van der Waals surface area (Å²) < 4.78 is 15.4. The molecule has 0 atom stereocenters. The lowest BCUT2D eigenvalue weighted by atomic mass is 10.1. The average Bonchev–Trinajstić information content (AvgIpc) is 2.71. The van der Waals surface area contributed by atoms with Crippen molar-refractivity contribution < 1.29 is 4.39 Å². The van der Waals surface area contributed by atoms with Crippen LogP contribution in [0.3, 0.4) is 0 Å². The van der Waals surface area contributed by atoms with Gasteiger partial charge in [-0.2, -0.15) is 0 Å². The molecule has 0 spiro atoms. The minimum atomic E-state index is -0.599. The van der Waals surface area contributed by atoms with Crippen molar-refractivity contribution in [2.75, 3.05) is 17.7 Å². The molecule has 30 heavy (non-hydrogen) atoms. The zero-order valence-corrected chi connectivity index (χ0v) is 16.3. The van der Waals surface area contributed by atoms with E-state index in [1.54, 1.807) is 30.3 Å². The van der Waals surface area contributed by atoms with Crippen LogP contribution in [0.15, 0.2) is 70.4 Å². The number of nitrogens with two attached hydrogens (primary N) is 1. The SMILES string of the molecule is CN(Cc1cc(F)cc2cccnc12)c1c(N)n(Cc2ccccc2)c(=O)[nH]c1=O. The summed E-state index contributed by atoms with van der Waals surface area (Å²) in [6.45, 7) is 0.398. The standard InChI is InChI=1S/C22H20FN5O2/c1-27(13-16-11-17(23)10-15-8-5-9-25-18(15)16)19-20(24)28(22(30)26-21(19)29)12-14-6-3-2-4-7-14/h2-11H,12-13,24H2,1H3,(H,26,29,30). The molecule has 0 saturated carbocycles. The number of rotatable bonds is 5. The maximum Gasteiger partial charge on any atom is 0.330 e. The van der Waals surface area contributed by atoms with Crippen LogP contribution >= 0.6 is 0 Å². The van der Waals surface area contributed by atoms with Gasteiger partial charge in [0, 0.05) is 30.7 Å². The van der Waals surface area contributed by atoms with E-state index in [-0.39, 0.29) is 24.6 Å². The quantitative estimate of drug-likeness (QED) is 0.532. The van der Waals surface area contributed by atoms with E-state index < -0.39 is 17.1 Å². The maximum absolute atomic E-state index is 14.1. The van der Waals surface area contributed by atoms with Crippen molar-refractivity contribution in [1.29, 1.82) is 0 Å². The fraction of sp³-hybridized carbons (Fsp3) is 0.136. The molecule has 152 valence electrons. The van der Waals surface area contributed by atoms with E-state index in [2.05, 4.69) is 9.97 Å². The highest BCUT2D eigenvalue weighted by Crippen LogP contribution is 2.23. The number of pyridine rings is 1. The summed E-state index contributed by atoms with van der Waals surface area (Å²) in [5, 5.41) is 0.664. The number of hydrogen-bond acceptors (Lipinski definition) is 5. The molecule has 0 radical (unpaired) electrons. The van der Waals surface area contributed by atoms with E-state index in [0.29, 0.717) is 16.5 Å². The van der Waals surface area contributed by atoms with Crippen molar-refractivity contribution >= 4 is 22.4 Å². The minimum absolute atomic E-state index is 0.0452. The first-order valence-corrected chi connectivity index (χ1v) is 9.35. The average molecular weight is 405 g/mol. The van der Waals surface area contributed by atoms with Crippen molar-refractivity contribution in [2.45, 2.75) is 13.1 Å². The van der Waals surface area contributed by atoms with Gasteiger partial charge in [-0.25, -0.2) is 9.18 Å². The number of nitrogen functional groups attached to an aromatic ring is 1. The van der Waals surface area contributed by atoms with Gasteiger partial charge in [0.25, 0.3) is 5.56 Å². The van der Waals surface area contributed by atoms with Crippen molar-refractivity contribution in [3.8, 4) is 0 Å². The monoisotopic (exact) mass is 405 g/mol. The lowest BCUT2D eigenvalue weighted by molar-refractivity contribution is 0.627. The first-order valence-electron chi connectivity index (χ1n) is 9.35. The third-order valence-corrected chi connectivity index (χ3v) is 4.94. The zero-order chi connectivity index (χ0) is 21.3. The van der Waals surface area contributed by atoms with Crippen LogP contribution in [0.2, 0.25) is 0 Å². The molecule has 7 nitrogen and oxygen atoms in total. The van der Waals surface area contributed by atoms with Gasteiger partial charge in [-0.15, -0.1) is 0 Å². The van der Waals surface area contributed by atoms with Crippen molar-refractivity contribution in [3.05, 3.63) is 98.6 Å². The second kappa shape index (κ2) is 7.82. The van der Waals surface area contributed by atoms with Gasteiger partial charge in [-0.1, -0.05) is 36.4 Å². The molecular formula is C22H20FN5O2. The molecule has 4 rings (SSSR count). The van der Waals surface area contributed by atoms with Crippen LogP contribution in [0.25, 0.3) is 10.9 Å². The molecule has 2 heterocycles. The Balaban J connectivity index is 1.75. The first kappa shape index (κ1) is 19.4. The predicted molar refractivity (Wildman–Crippen MR) is 115 cm³/mol. The Morgan fingerprint density at radius 2 is 1.90 bits per heavy atom. The Hall–Kier alpha value is -3.94. The molecule has 0 unspecified atom stereocenters. The molecule has 0 fully saturated rings. The van der Waals surface area contributed by atoms with Gasteiger partial charge >= 0.3 is 5.69 Å². The smallest absolute Gasteiger partial charge is 0.330 e. The van der Waals surface area contributed by atoms with E-state index in [1.807, 2.05) is 30.3 Å². The van der Waals surface area contributed by atoms with Crippen molar-refractivity contribution in [3.63, 3.8) is 0 Å². The summed E-state index contributed by atoms with van der Waals surface area (Å²) >= 11 is 0. The van der Waals surface area contributed by atoms with Gasteiger partial charge in [0.2, 0.25) is 0 Å². The molecule has 3 N–H and O–H groups in total. The molecule has 2 aromatic carbocycles. The molecule has 2 aromatic heterocycles. The highest BCUT2D eigenvalue weighted by molar-refractivity contribution is 5.82. The molecule has 0 aliphatic rings. The minimum Gasteiger partial charge on any atom is -0.383 e. The summed E-state index contributed by atoms with van der Waals surface area (Å²) in [7, 11) is 1.66. The number of aromatic amines is 1. The van der Waals surface area contributed by atoms with Crippen molar-refractivity contribution in [2.24, 2.45) is 0 Å². The van der Waals surface area contributed by atoms with Crippen LogP contribution in [-0.2, 0) is 13.1 Å².